The van der Waals surface area contributed by atoms with E-state index in [0.717, 1.165) is 25.7 Å². The number of carboxylic acids is 1. The van der Waals surface area contributed by atoms with E-state index in [1.807, 2.05) is 0 Å². The van der Waals surface area contributed by atoms with Crippen LogP contribution in [0.15, 0.2) is 18.2 Å². The van der Waals surface area contributed by atoms with Crippen LogP contribution >= 0.6 is 11.6 Å². The van der Waals surface area contributed by atoms with Gasteiger partial charge in [-0.1, -0.05) is 30.9 Å². The van der Waals surface area contributed by atoms with Gasteiger partial charge in [0.1, 0.15) is 5.75 Å². The number of carboxylic acid groups (broad SMARTS) is 1. The van der Waals surface area contributed by atoms with Crippen molar-refractivity contribution < 1.29 is 49.4 Å². The summed E-state index contributed by atoms with van der Waals surface area (Å²) in [5.41, 5.74) is 0.163. The number of phenols is 1. The zero-order chi connectivity index (χ0) is 15.7. The first-order valence-corrected chi connectivity index (χ1v) is 7.35. The van der Waals surface area contributed by atoms with Gasteiger partial charge in [-0.15, -0.1) is 0 Å². The van der Waals surface area contributed by atoms with E-state index in [2.05, 4.69) is 5.32 Å². The fraction of sp³-hybridized carbons (Fsp3) is 0.467. The van der Waals surface area contributed by atoms with Crippen LogP contribution in [0.3, 0.4) is 0 Å². The molecule has 0 heterocycles. The van der Waals surface area contributed by atoms with Gasteiger partial charge in [-0.25, -0.2) is 0 Å². The predicted octanol–water partition coefficient (Wildman–Crippen LogP) is -1.13. The second-order valence-electron chi connectivity index (χ2n) is 4.81. The van der Waals surface area contributed by atoms with Crippen molar-refractivity contribution >= 4 is 23.5 Å². The summed E-state index contributed by atoms with van der Waals surface area (Å²) in [5.74, 6) is -1.46. The number of hydrogen-bond acceptors (Lipinski definition) is 4. The van der Waals surface area contributed by atoms with Crippen molar-refractivity contribution in [2.24, 2.45) is 0 Å². The molecule has 0 aliphatic rings. The van der Waals surface area contributed by atoms with Crippen LogP contribution < -0.4 is 40.0 Å². The zero-order valence-corrected chi connectivity index (χ0v) is 15.5. The van der Waals surface area contributed by atoms with E-state index in [-0.39, 0.29) is 53.2 Å². The monoisotopic (exact) mass is 335 g/mol. The van der Waals surface area contributed by atoms with Gasteiger partial charge in [0.15, 0.2) is 0 Å². The Balaban J connectivity index is 0.00000441. The van der Waals surface area contributed by atoms with Crippen molar-refractivity contribution in [2.75, 3.05) is 6.54 Å². The molecular formula is C15H19ClNNaO4. The molecule has 0 spiro atoms. The first kappa shape index (κ1) is 21.2. The van der Waals surface area contributed by atoms with Crippen molar-refractivity contribution in [3.05, 3.63) is 28.8 Å². The summed E-state index contributed by atoms with van der Waals surface area (Å²) in [4.78, 5) is 22.0. The second kappa shape index (κ2) is 11.8. The molecule has 0 aromatic heterocycles. The van der Waals surface area contributed by atoms with Gasteiger partial charge in [0, 0.05) is 17.5 Å². The number of nitrogens with one attached hydrogen (secondary N) is 1. The van der Waals surface area contributed by atoms with E-state index in [1.54, 1.807) is 0 Å². The molecule has 22 heavy (non-hydrogen) atoms. The van der Waals surface area contributed by atoms with Crippen molar-refractivity contribution in [3.8, 4) is 5.75 Å². The Hall–Kier alpha value is -0.750. The largest absolute Gasteiger partial charge is 1.00 e. The smallest absolute Gasteiger partial charge is 0.550 e. The van der Waals surface area contributed by atoms with E-state index in [1.165, 1.54) is 18.2 Å². The molecule has 0 saturated heterocycles. The van der Waals surface area contributed by atoms with Crippen LogP contribution in [0, 0.1) is 0 Å². The molecule has 1 aromatic rings. The number of unbranched alkanes of at least 4 members (excludes halogenated alkanes) is 4. The van der Waals surface area contributed by atoms with Crippen LogP contribution in [0.5, 0.6) is 5.75 Å². The molecule has 2 N–H and O–H groups in total. The van der Waals surface area contributed by atoms with Gasteiger partial charge in [0.25, 0.3) is 5.91 Å². The number of aromatic hydroxyl groups is 1. The summed E-state index contributed by atoms with van der Waals surface area (Å²) in [5, 5.41) is 22.9. The number of hydrogen-bond donors (Lipinski definition) is 2. The molecule has 0 saturated carbocycles. The topological polar surface area (TPSA) is 89.5 Å². The van der Waals surface area contributed by atoms with Crippen molar-refractivity contribution in [3.63, 3.8) is 0 Å². The third-order valence-corrected chi connectivity index (χ3v) is 3.28. The molecule has 0 atom stereocenters. The number of amides is 1. The number of phenolic OH excluding ortho intramolecular Hbond substituents is 1. The maximum absolute atomic E-state index is 11.8. The number of halogens is 1. The molecule has 0 unspecified atom stereocenters. The molecule has 7 heteroatoms. The molecule has 1 amide bonds. The van der Waals surface area contributed by atoms with E-state index in [0.29, 0.717) is 18.0 Å². The third-order valence-electron chi connectivity index (χ3n) is 3.05. The van der Waals surface area contributed by atoms with Gasteiger partial charge in [-0.3, -0.25) is 4.79 Å². The maximum Gasteiger partial charge on any atom is 1.00 e. The Kier molecular flexibility index (Phi) is 11.4. The van der Waals surface area contributed by atoms with Crippen LogP contribution in [-0.2, 0) is 4.79 Å². The molecule has 0 aliphatic heterocycles. The van der Waals surface area contributed by atoms with Crippen LogP contribution in [0.2, 0.25) is 5.02 Å². The fourth-order valence-corrected chi connectivity index (χ4v) is 2.08. The number of carbonyl (C=O) groups excluding carboxylic acids is 2. The van der Waals surface area contributed by atoms with E-state index >= 15 is 0 Å². The summed E-state index contributed by atoms with van der Waals surface area (Å²) in [7, 11) is 0. The maximum atomic E-state index is 11.8. The zero-order valence-electron chi connectivity index (χ0n) is 12.7. The quantitative estimate of drug-likeness (QED) is 0.441. The summed E-state index contributed by atoms with van der Waals surface area (Å²) >= 11 is 5.78. The van der Waals surface area contributed by atoms with Crippen molar-refractivity contribution in [2.45, 2.75) is 38.5 Å². The molecule has 0 fully saturated rings. The van der Waals surface area contributed by atoms with E-state index < -0.39 is 5.97 Å². The van der Waals surface area contributed by atoms with Gasteiger partial charge in [0.2, 0.25) is 0 Å². The summed E-state index contributed by atoms with van der Waals surface area (Å²) in [6.07, 6.45) is 4.21. The van der Waals surface area contributed by atoms with Crippen molar-refractivity contribution in [1.82, 2.24) is 5.32 Å². The van der Waals surface area contributed by atoms with Crippen molar-refractivity contribution in [1.29, 1.82) is 0 Å². The van der Waals surface area contributed by atoms with Gasteiger partial charge in [-0.05, 0) is 37.5 Å². The van der Waals surface area contributed by atoms with Gasteiger partial charge in [-0.2, -0.15) is 0 Å². The Morgan fingerprint density at radius 1 is 1.14 bits per heavy atom. The summed E-state index contributed by atoms with van der Waals surface area (Å²) in [6, 6.07) is 4.32. The fourth-order valence-electron chi connectivity index (χ4n) is 1.91. The van der Waals surface area contributed by atoms with Crippen LogP contribution in [0.25, 0.3) is 0 Å². The molecule has 0 radical (unpaired) electrons. The number of carbonyl (C=O) groups is 2. The standard InChI is InChI=1S/C15H20ClNO4.Na/c16-11-7-8-13(18)12(10-11)15(21)17-9-5-3-1-2-4-6-14(19)20;/h7-8,10,18H,1-6,9H2,(H,17,21)(H,19,20);/q;+1/p-1. The minimum absolute atomic E-state index is 0. The van der Waals surface area contributed by atoms with Crippen LogP contribution in [0.4, 0.5) is 0 Å². The molecular weight excluding hydrogens is 317 g/mol. The number of aliphatic carboxylic acids is 1. The Bertz CT molecular complexity index is 496. The minimum Gasteiger partial charge on any atom is -0.550 e. The van der Waals surface area contributed by atoms with Gasteiger partial charge in [0.05, 0.1) is 5.56 Å². The summed E-state index contributed by atoms with van der Waals surface area (Å²) in [6.45, 7) is 0.505. The van der Waals surface area contributed by atoms with Crippen LogP contribution in [0.1, 0.15) is 48.9 Å². The van der Waals surface area contributed by atoms with Gasteiger partial charge >= 0.3 is 29.6 Å². The van der Waals surface area contributed by atoms with E-state index in [4.69, 9.17) is 11.6 Å². The average Bonchev–Trinajstić information content (AvgIpc) is 2.43. The number of benzene rings is 1. The summed E-state index contributed by atoms with van der Waals surface area (Å²) < 4.78 is 0. The first-order valence-electron chi connectivity index (χ1n) is 6.97. The Morgan fingerprint density at radius 3 is 2.45 bits per heavy atom. The molecule has 116 valence electrons. The second-order valence-corrected chi connectivity index (χ2v) is 5.24. The SMILES string of the molecule is O=C([O-])CCCCCCCNC(=O)c1cc(Cl)ccc1O.[Na+]. The van der Waals surface area contributed by atoms with Gasteiger partial charge < -0.3 is 20.3 Å². The molecule has 1 rings (SSSR count). The Morgan fingerprint density at radius 2 is 1.77 bits per heavy atom. The Labute approximate surface area is 157 Å². The first-order chi connectivity index (χ1) is 10.0. The molecule has 0 bridgehead atoms. The molecule has 1 aromatic carbocycles. The van der Waals surface area contributed by atoms with E-state index in [9.17, 15) is 19.8 Å². The molecule has 5 nitrogen and oxygen atoms in total. The predicted molar refractivity (Wildman–Crippen MR) is 78.2 cm³/mol. The third kappa shape index (κ3) is 8.63. The average molecular weight is 336 g/mol. The number of rotatable bonds is 9. The minimum atomic E-state index is -1.01. The molecule has 0 aliphatic carbocycles. The normalized spacial score (nSPS) is 9.86. The van der Waals surface area contributed by atoms with Crippen LogP contribution in [-0.4, -0.2) is 23.5 Å².